The molecule has 0 unspecified atom stereocenters. The molecule has 0 atom stereocenters. The Hall–Kier alpha value is 0.920. The first kappa shape index (κ1) is 14.9. The molecule has 0 aliphatic carbocycles. The first-order valence-electron chi connectivity index (χ1n) is 3.91. The monoisotopic (exact) mass is 283 g/mol. The summed E-state index contributed by atoms with van der Waals surface area (Å²) in [7, 11) is -2.40. The molecule has 0 aliphatic heterocycles. The maximum absolute atomic E-state index is 11.9. The van der Waals surface area contributed by atoms with Crippen LogP contribution in [0.3, 0.4) is 0 Å². The van der Waals surface area contributed by atoms with Gasteiger partial charge < -0.3 is 0 Å². The summed E-state index contributed by atoms with van der Waals surface area (Å²) in [5, 5.41) is 0. The van der Waals surface area contributed by atoms with Crippen LogP contribution < -0.4 is 0 Å². The Morgan fingerprint density at radius 3 is 1.71 bits per heavy atom. The zero-order chi connectivity index (χ0) is 11.4. The van der Waals surface area contributed by atoms with Crippen LogP contribution in [-0.2, 0) is 18.2 Å². The van der Waals surface area contributed by atoms with Crippen molar-refractivity contribution in [2.45, 2.75) is 13.8 Å². The molecular formula is C5H13Cl2NO4P2. The van der Waals surface area contributed by atoms with Crippen molar-refractivity contribution in [3.8, 4) is 0 Å². The molecule has 0 aromatic heterocycles. The largest absolute Gasteiger partial charge is 0.415 e. The molecule has 5 nitrogen and oxygen atoms in total. The Bertz CT molecular complexity index is 258. The SMILES string of the molecule is CCOP(=O)(OCC)N(C)P(=O)(Cl)Cl. The van der Waals surface area contributed by atoms with Crippen LogP contribution in [0.1, 0.15) is 13.8 Å². The fraction of sp³-hybridized carbons (Fsp3) is 1.00. The Morgan fingerprint density at radius 2 is 1.50 bits per heavy atom. The molecule has 0 spiro atoms. The van der Waals surface area contributed by atoms with E-state index in [2.05, 4.69) is 0 Å². The molecule has 0 amide bonds. The lowest BCUT2D eigenvalue weighted by Gasteiger charge is -2.25. The third-order valence-electron chi connectivity index (χ3n) is 1.28. The fourth-order valence-electron chi connectivity index (χ4n) is 0.658. The van der Waals surface area contributed by atoms with Crippen LogP contribution in [0.25, 0.3) is 0 Å². The first-order valence-corrected chi connectivity index (χ1v) is 8.87. The lowest BCUT2D eigenvalue weighted by atomic mass is 10.9. The van der Waals surface area contributed by atoms with E-state index in [0.717, 1.165) is 4.44 Å². The summed E-state index contributed by atoms with van der Waals surface area (Å²) in [6, 6.07) is 0. The van der Waals surface area contributed by atoms with E-state index in [0.29, 0.717) is 0 Å². The quantitative estimate of drug-likeness (QED) is 0.696. The minimum atomic E-state index is -3.67. The molecule has 0 N–H and O–H groups in total. The highest BCUT2D eigenvalue weighted by atomic mass is 35.9. The van der Waals surface area contributed by atoms with Crippen LogP contribution in [0, 0.1) is 0 Å². The molecule has 0 aromatic rings. The first-order chi connectivity index (χ1) is 6.28. The standard InChI is InChI=1S/C5H13Cl2NO4P2/c1-4-11-14(10,12-5-2)8(3)13(6,7)9/h4-5H2,1-3H3. The molecule has 0 rings (SSSR count). The second kappa shape index (κ2) is 5.86. The second-order valence-electron chi connectivity index (χ2n) is 2.23. The second-order valence-corrected chi connectivity index (χ2v) is 9.34. The van der Waals surface area contributed by atoms with Gasteiger partial charge in [-0.15, -0.1) is 4.44 Å². The summed E-state index contributed by atoms with van der Waals surface area (Å²) < 4.78 is 33.6. The molecule has 0 saturated carbocycles. The zero-order valence-corrected chi connectivity index (χ0v) is 11.4. The molecule has 9 heteroatoms. The number of hydrogen-bond donors (Lipinski definition) is 0. The van der Waals surface area contributed by atoms with Gasteiger partial charge in [-0.1, -0.05) is 0 Å². The van der Waals surface area contributed by atoms with Crippen LogP contribution in [0.4, 0.5) is 0 Å². The van der Waals surface area contributed by atoms with Gasteiger partial charge in [-0.3, -0.25) is 13.6 Å². The maximum Gasteiger partial charge on any atom is 0.415 e. The lowest BCUT2D eigenvalue weighted by Crippen LogP contribution is -2.12. The van der Waals surface area contributed by atoms with Crippen molar-refractivity contribution in [1.29, 1.82) is 0 Å². The van der Waals surface area contributed by atoms with Gasteiger partial charge in [0.1, 0.15) is 0 Å². The minimum absolute atomic E-state index is 0.148. The molecule has 14 heavy (non-hydrogen) atoms. The minimum Gasteiger partial charge on any atom is -0.297 e. The number of rotatable bonds is 6. The van der Waals surface area contributed by atoms with Crippen molar-refractivity contribution in [3.63, 3.8) is 0 Å². The summed E-state index contributed by atoms with van der Waals surface area (Å²) in [5.41, 5.74) is 0. The van der Waals surface area contributed by atoms with Crippen molar-refractivity contribution >= 4 is 36.2 Å². The van der Waals surface area contributed by atoms with Crippen molar-refractivity contribution in [3.05, 3.63) is 0 Å². The molecule has 0 aliphatic rings. The Morgan fingerprint density at radius 1 is 1.14 bits per heavy atom. The summed E-state index contributed by atoms with van der Waals surface area (Å²) in [6.07, 6.45) is 0. The normalized spacial score (nSPS) is 13.6. The van der Waals surface area contributed by atoms with Crippen LogP contribution >= 0.6 is 36.2 Å². The topological polar surface area (TPSA) is 55.8 Å². The van der Waals surface area contributed by atoms with Crippen molar-refractivity contribution in [1.82, 2.24) is 4.44 Å². The van der Waals surface area contributed by atoms with Gasteiger partial charge >= 0.3 is 13.7 Å². The Balaban J connectivity index is 4.82. The van der Waals surface area contributed by atoms with E-state index in [9.17, 15) is 9.13 Å². The van der Waals surface area contributed by atoms with Gasteiger partial charge in [0, 0.05) is 7.05 Å². The molecule has 0 saturated heterocycles. The fourth-order valence-corrected chi connectivity index (χ4v) is 4.54. The average Bonchev–Trinajstić information content (AvgIpc) is 2.02. The van der Waals surface area contributed by atoms with E-state index in [1.807, 2.05) is 0 Å². The summed E-state index contributed by atoms with van der Waals surface area (Å²) in [4.78, 5) is 0. The van der Waals surface area contributed by atoms with Crippen LogP contribution in [0.15, 0.2) is 0 Å². The predicted octanol–water partition coefficient (Wildman–Crippen LogP) is 3.69. The molecular weight excluding hydrogens is 271 g/mol. The van der Waals surface area contributed by atoms with Gasteiger partial charge in [-0.25, -0.2) is 4.57 Å². The van der Waals surface area contributed by atoms with Crippen LogP contribution in [0.5, 0.6) is 0 Å². The third kappa shape index (κ3) is 4.19. The van der Waals surface area contributed by atoms with Crippen molar-refractivity contribution in [2.75, 3.05) is 20.3 Å². The van der Waals surface area contributed by atoms with E-state index >= 15 is 0 Å². The molecule has 0 radical (unpaired) electrons. The van der Waals surface area contributed by atoms with E-state index < -0.39 is 13.7 Å². The van der Waals surface area contributed by atoms with Gasteiger partial charge in [0.2, 0.25) is 0 Å². The summed E-state index contributed by atoms with van der Waals surface area (Å²) in [6.45, 7) is 3.56. The predicted molar refractivity (Wildman–Crippen MR) is 57.9 cm³/mol. The highest BCUT2D eigenvalue weighted by Gasteiger charge is 2.40. The van der Waals surface area contributed by atoms with E-state index in [-0.39, 0.29) is 13.2 Å². The Labute approximate surface area is 93.2 Å². The van der Waals surface area contributed by atoms with Gasteiger partial charge in [0.05, 0.1) is 13.2 Å². The molecule has 0 heterocycles. The van der Waals surface area contributed by atoms with Crippen LogP contribution in [-0.4, -0.2) is 24.7 Å². The van der Waals surface area contributed by atoms with Crippen molar-refractivity contribution in [2.24, 2.45) is 0 Å². The molecule has 0 aromatic carbocycles. The smallest absolute Gasteiger partial charge is 0.297 e. The third-order valence-corrected chi connectivity index (χ3v) is 7.23. The summed E-state index contributed by atoms with van der Waals surface area (Å²) >= 11 is 10.7. The van der Waals surface area contributed by atoms with Crippen molar-refractivity contribution < 1.29 is 18.2 Å². The number of nitrogens with zero attached hydrogens (tertiary/aromatic N) is 1. The van der Waals surface area contributed by atoms with Crippen LogP contribution in [0.2, 0.25) is 0 Å². The highest BCUT2D eigenvalue weighted by molar-refractivity contribution is 8.09. The van der Waals surface area contributed by atoms with E-state index in [4.69, 9.17) is 31.5 Å². The molecule has 86 valence electrons. The number of hydrogen-bond acceptors (Lipinski definition) is 4. The van der Waals surface area contributed by atoms with Gasteiger partial charge in [0.15, 0.2) is 0 Å². The van der Waals surface area contributed by atoms with E-state index in [1.165, 1.54) is 7.05 Å². The Kier molecular flexibility index (Phi) is 6.24. The maximum atomic E-state index is 11.9. The van der Waals surface area contributed by atoms with Gasteiger partial charge in [-0.05, 0) is 36.3 Å². The summed E-state index contributed by atoms with van der Waals surface area (Å²) in [5.74, 6) is -3.67. The molecule has 0 fully saturated rings. The van der Waals surface area contributed by atoms with Gasteiger partial charge in [-0.2, -0.15) is 0 Å². The zero-order valence-electron chi connectivity index (χ0n) is 8.14. The van der Waals surface area contributed by atoms with Gasteiger partial charge in [0.25, 0.3) is 0 Å². The average molecular weight is 284 g/mol. The lowest BCUT2D eigenvalue weighted by molar-refractivity contribution is 0.197. The highest BCUT2D eigenvalue weighted by Crippen LogP contribution is 2.71. The molecule has 0 bridgehead atoms. The van der Waals surface area contributed by atoms with E-state index in [1.54, 1.807) is 13.8 Å². The number of halogens is 2.